The molecule has 0 bridgehead atoms. The number of hydrogen-bond donors (Lipinski definition) is 1. The lowest BCUT2D eigenvalue weighted by atomic mass is 9.71. The van der Waals surface area contributed by atoms with E-state index in [4.69, 9.17) is 0 Å². The van der Waals surface area contributed by atoms with E-state index >= 15 is 0 Å². The van der Waals surface area contributed by atoms with E-state index in [2.05, 4.69) is 17.5 Å². The maximum atomic E-state index is 13.4. The van der Waals surface area contributed by atoms with E-state index in [1.54, 1.807) is 0 Å². The summed E-state index contributed by atoms with van der Waals surface area (Å²) in [6.07, 6.45) is 6.16. The van der Waals surface area contributed by atoms with E-state index in [9.17, 15) is 13.2 Å². The third-order valence-corrected chi connectivity index (χ3v) is 3.70. The number of nitrogens with one attached hydrogen (secondary N) is 1. The highest BCUT2D eigenvalue weighted by atomic mass is 19.1. The van der Waals surface area contributed by atoms with Gasteiger partial charge in [-0.2, -0.15) is 0 Å². The van der Waals surface area contributed by atoms with Gasteiger partial charge in [0.05, 0.1) is 0 Å². The Morgan fingerprint density at radius 1 is 1.12 bits per heavy atom. The first-order chi connectivity index (χ1) is 8.15. The second-order valence-electron chi connectivity index (χ2n) is 4.73. The summed E-state index contributed by atoms with van der Waals surface area (Å²) in [6.45, 7) is 0. The van der Waals surface area contributed by atoms with E-state index in [1.807, 2.05) is 0 Å². The van der Waals surface area contributed by atoms with Crippen LogP contribution in [0.25, 0.3) is 0 Å². The van der Waals surface area contributed by atoms with Crippen molar-refractivity contribution >= 4 is 5.69 Å². The predicted molar refractivity (Wildman–Crippen MR) is 59.1 cm³/mol. The fraction of sp³-hybridized carbons (Fsp3) is 0.385. The number of fused-ring (bicyclic) bond motifs is 1. The second-order valence-corrected chi connectivity index (χ2v) is 4.73. The molecule has 4 heteroatoms. The van der Waals surface area contributed by atoms with Crippen LogP contribution in [0.4, 0.5) is 18.9 Å². The van der Waals surface area contributed by atoms with Crippen LogP contribution in [0.2, 0.25) is 0 Å². The molecule has 0 spiro atoms. The van der Waals surface area contributed by atoms with Gasteiger partial charge in [-0.25, -0.2) is 13.2 Å². The highest BCUT2D eigenvalue weighted by Crippen LogP contribution is 2.44. The third kappa shape index (κ3) is 1.72. The van der Waals surface area contributed by atoms with Gasteiger partial charge in [-0.15, -0.1) is 0 Å². The molecule has 17 heavy (non-hydrogen) atoms. The molecule has 2 aliphatic rings. The first-order valence-electron chi connectivity index (χ1n) is 5.73. The van der Waals surface area contributed by atoms with Crippen LogP contribution in [-0.4, -0.2) is 6.04 Å². The quantitative estimate of drug-likeness (QED) is 0.779. The molecule has 1 aromatic rings. The molecule has 0 aromatic heterocycles. The molecule has 3 unspecified atom stereocenters. The van der Waals surface area contributed by atoms with Crippen molar-refractivity contribution in [2.45, 2.75) is 18.9 Å². The minimum Gasteiger partial charge on any atom is -0.377 e. The topological polar surface area (TPSA) is 12.0 Å². The van der Waals surface area contributed by atoms with Crippen LogP contribution in [0.5, 0.6) is 0 Å². The Hall–Kier alpha value is -1.45. The Bertz CT molecular complexity index is 461. The zero-order valence-corrected chi connectivity index (χ0v) is 9.09. The minimum absolute atomic E-state index is 0.0632. The van der Waals surface area contributed by atoms with Crippen molar-refractivity contribution in [1.29, 1.82) is 0 Å². The highest BCUT2D eigenvalue weighted by molar-refractivity contribution is 5.48. The number of benzene rings is 1. The van der Waals surface area contributed by atoms with Crippen molar-refractivity contribution in [3.63, 3.8) is 0 Å². The monoisotopic (exact) mass is 239 g/mol. The van der Waals surface area contributed by atoms with Crippen LogP contribution in [0, 0.1) is 29.3 Å². The predicted octanol–water partition coefficient (Wildman–Crippen LogP) is 3.48. The summed E-state index contributed by atoms with van der Waals surface area (Å²) < 4.78 is 39.6. The van der Waals surface area contributed by atoms with Crippen molar-refractivity contribution in [3.05, 3.63) is 41.7 Å². The fourth-order valence-corrected chi connectivity index (χ4v) is 2.75. The molecule has 1 aromatic carbocycles. The van der Waals surface area contributed by atoms with E-state index in [0.717, 1.165) is 12.8 Å². The summed E-state index contributed by atoms with van der Waals surface area (Å²) in [5, 5.41) is 2.85. The lowest BCUT2D eigenvalue weighted by Crippen LogP contribution is -2.43. The Labute approximate surface area is 97.3 Å². The molecule has 2 aliphatic carbocycles. The van der Waals surface area contributed by atoms with Crippen molar-refractivity contribution in [1.82, 2.24) is 0 Å². The molecule has 3 rings (SSSR count). The van der Waals surface area contributed by atoms with Gasteiger partial charge in [0.25, 0.3) is 0 Å². The minimum atomic E-state index is -0.891. The number of anilines is 1. The molecule has 0 amide bonds. The smallest absolute Gasteiger partial charge is 0.152 e. The van der Waals surface area contributed by atoms with Gasteiger partial charge in [-0.3, -0.25) is 0 Å². The van der Waals surface area contributed by atoms with E-state index in [-0.39, 0.29) is 11.7 Å². The van der Waals surface area contributed by atoms with Gasteiger partial charge in [0.15, 0.2) is 11.6 Å². The number of allylic oxidation sites excluding steroid dienone is 1. The standard InChI is InChI=1S/C13H12F3N/c14-8-5-10(15)13(11(16)6-8)17-12-4-7-2-1-3-9(7)12/h1,3,5-7,9,12,17H,2,4H2. The summed E-state index contributed by atoms with van der Waals surface area (Å²) in [4.78, 5) is 0. The zero-order valence-electron chi connectivity index (χ0n) is 9.09. The first kappa shape index (κ1) is 10.7. The van der Waals surface area contributed by atoms with E-state index in [0.29, 0.717) is 24.0 Å². The van der Waals surface area contributed by atoms with E-state index < -0.39 is 17.5 Å². The molecule has 90 valence electrons. The Morgan fingerprint density at radius 3 is 2.47 bits per heavy atom. The van der Waals surface area contributed by atoms with Gasteiger partial charge in [-0.05, 0) is 18.8 Å². The van der Waals surface area contributed by atoms with Gasteiger partial charge in [0, 0.05) is 24.1 Å². The maximum Gasteiger partial charge on any atom is 0.152 e. The summed E-state index contributed by atoms with van der Waals surface area (Å²) in [5.41, 5.74) is -0.213. The van der Waals surface area contributed by atoms with Crippen LogP contribution >= 0.6 is 0 Å². The Kier molecular flexibility index (Phi) is 2.38. The lowest BCUT2D eigenvalue weighted by Gasteiger charge is -2.41. The van der Waals surface area contributed by atoms with Gasteiger partial charge < -0.3 is 5.32 Å². The summed E-state index contributed by atoms with van der Waals surface area (Å²) in [7, 11) is 0. The number of rotatable bonds is 2. The second kappa shape index (κ2) is 3.79. The molecule has 1 saturated carbocycles. The first-order valence-corrected chi connectivity index (χ1v) is 5.73. The molecule has 0 saturated heterocycles. The molecule has 1 nitrogen and oxygen atoms in total. The summed E-state index contributed by atoms with van der Waals surface area (Å²) in [6, 6.07) is 1.46. The van der Waals surface area contributed by atoms with Crippen molar-refractivity contribution < 1.29 is 13.2 Å². The molecule has 0 radical (unpaired) electrons. The van der Waals surface area contributed by atoms with E-state index in [1.165, 1.54) is 0 Å². The van der Waals surface area contributed by atoms with Gasteiger partial charge in [0.1, 0.15) is 11.5 Å². The largest absolute Gasteiger partial charge is 0.377 e. The SMILES string of the molecule is Fc1cc(F)c(NC2CC3CC=CC32)c(F)c1. The average molecular weight is 239 g/mol. The third-order valence-electron chi connectivity index (χ3n) is 3.70. The number of hydrogen-bond acceptors (Lipinski definition) is 1. The van der Waals surface area contributed by atoms with Crippen molar-refractivity contribution in [2.75, 3.05) is 5.32 Å². The van der Waals surface area contributed by atoms with Crippen LogP contribution in [0.3, 0.4) is 0 Å². The molecule has 1 fully saturated rings. The molecular weight excluding hydrogens is 227 g/mol. The average Bonchev–Trinajstić information content (AvgIpc) is 2.58. The highest BCUT2D eigenvalue weighted by Gasteiger charge is 2.41. The number of halogens is 3. The Morgan fingerprint density at radius 2 is 1.82 bits per heavy atom. The van der Waals surface area contributed by atoms with Gasteiger partial charge in [-0.1, -0.05) is 12.2 Å². The van der Waals surface area contributed by atoms with Gasteiger partial charge in [0.2, 0.25) is 0 Å². The molecule has 0 heterocycles. The zero-order chi connectivity index (χ0) is 12.0. The van der Waals surface area contributed by atoms with Crippen LogP contribution in [-0.2, 0) is 0 Å². The Balaban J connectivity index is 1.79. The van der Waals surface area contributed by atoms with Crippen LogP contribution < -0.4 is 5.32 Å². The molecule has 0 aliphatic heterocycles. The molecule has 3 atom stereocenters. The van der Waals surface area contributed by atoms with Crippen molar-refractivity contribution in [3.8, 4) is 0 Å². The fourth-order valence-electron chi connectivity index (χ4n) is 2.75. The summed E-state index contributed by atoms with van der Waals surface area (Å²) in [5.74, 6) is -1.66. The summed E-state index contributed by atoms with van der Waals surface area (Å²) >= 11 is 0. The molecular formula is C13H12F3N. The van der Waals surface area contributed by atoms with Crippen LogP contribution in [0.15, 0.2) is 24.3 Å². The van der Waals surface area contributed by atoms with Crippen molar-refractivity contribution in [2.24, 2.45) is 11.8 Å². The normalized spacial score (nSPS) is 29.9. The van der Waals surface area contributed by atoms with Crippen LogP contribution in [0.1, 0.15) is 12.8 Å². The maximum absolute atomic E-state index is 13.4. The molecule has 1 N–H and O–H groups in total. The lowest BCUT2D eigenvalue weighted by molar-refractivity contribution is 0.217. The van der Waals surface area contributed by atoms with Gasteiger partial charge >= 0.3 is 0 Å².